The molecule has 0 unspecified atom stereocenters. The van der Waals surface area contributed by atoms with E-state index in [1.165, 1.54) is 17.0 Å². The number of amides is 2. The van der Waals surface area contributed by atoms with Crippen LogP contribution in [0.4, 0.5) is 10.1 Å². The van der Waals surface area contributed by atoms with Crippen molar-refractivity contribution >= 4 is 34.8 Å². The number of imide groups is 1. The van der Waals surface area contributed by atoms with Gasteiger partial charge in [0.1, 0.15) is 12.4 Å². The maximum absolute atomic E-state index is 14.0. The molecule has 1 saturated heterocycles. The number of carbonyl (C=O) groups excluding carboxylic acids is 2. The Morgan fingerprint density at radius 3 is 2.27 bits per heavy atom. The van der Waals surface area contributed by atoms with Crippen molar-refractivity contribution in [1.82, 2.24) is 4.90 Å². The predicted octanol–water partition coefficient (Wildman–Crippen LogP) is 3.90. The number of hydrogen-bond acceptors (Lipinski definition) is 3. The van der Waals surface area contributed by atoms with E-state index in [2.05, 4.69) is 20.8 Å². The van der Waals surface area contributed by atoms with Crippen LogP contribution in [-0.4, -0.2) is 28.4 Å². The summed E-state index contributed by atoms with van der Waals surface area (Å²) in [4.78, 5) is 27.4. The van der Waals surface area contributed by atoms with Gasteiger partial charge < -0.3 is 4.90 Å². The number of thiocarbonyl (C=S) groups is 1. The van der Waals surface area contributed by atoms with E-state index in [1.807, 2.05) is 12.1 Å². The Balaban J connectivity index is 1.87. The summed E-state index contributed by atoms with van der Waals surface area (Å²) in [5.41, 5.74) is 1.59. The summed E-state index contributed by atoms with van der Waals surface area (Å²) >= 11 is 5.29. The first-order chi connectivity index (χ1) is 12.2. The van der Waals surface area contributed by atoms with Crippen LogP contribution in [0, 0.1) is 5.82 Å². The third-order valence-electron chi connectivity index (χ3n) is 4.31. The average molecular weight is 370 g/mol. The summed E-state index contributed by atoms with van der Waals surface area (Å²) in [5, 5.41) is -0.00926. The van der Waals surface area contributed by atoms with E-state index in [9.17, 15) is 14.0 Å². The van der Waals surface area contributed by atoms with E-state index in [1.54, 1.807) is 24.3 Å². The van der Waals surface area contributed by atoms with Crippen molar-refractivity contribution in [1.29, 1.82) is 0 Å². The summed E-state index contributed by atoms with van der Waals surface area (Å²) < 4.78 is 14.0. The molecule has 0 N–H and O–H groups in total. The third-order valence-corrected chi connectivity index (χ3v) is 4.71. The quantitative estimate of drug-likeness (QED) is 0.594. The van der Waals surface area contributed by atoms with E-state index >= 15 is 0 Å². The van der Waals surface area contributed by atoms with Gasteiger partial charge in [0.15, 0.2) is 5.11 Å². The number of anilines is 1. The molecule has 2 amide bonds. The number of halogens is 1. The molecule has 0 aromatic heterocycles. The van der Waals surface area contributed by atoms with Crippen LogP contribution in [0.2, 0.25) is 0 Å². The highest BCUT2D eigenvalue weighted by Crippen LogP contribution is 2.26. The number of benzene rings is 2. The summed E-state index contributed by atoms with van der Waals surface area (Å²) in [5.74, 6) is -1.46. The largest absolute Gasteiger partial charge is 0.306 e. The number of nitrogens with zero attached hydrogens (tertiary/aromatic N) is 2. The van der Waals surface area contributed by atoms with Crippen molar-refractivity contribution in [2.45, 2.75) is 26.2 Å². The molecule has 0 saturated carbocycles. The predicted molar refractivity (Wildman–Crippen MR) is 103 cm³/mol. The summed E-state index contributed by atoms with van der Waals surface area (Å²) in [6.45, 7) is 6.07. The number of carbonyl (C=O) groups is 2. The lowest BCUT2D eigenvalue weighted by Gasteiger charge is -2.21. The van der Waals surface area contributed by atoms with Gasteiger partial charge in [0.05, 0.1) is 5.69 Å². The van der Waals surface area contributed by atoms with E-state index in [4.69, 9.17) is 12.2 Å². The first-order valence-electron chi connectivity index (χ1n) is 8.24. The van der Waals surface area contributed by atoms with Crippen LogP contribution >= 0.6 is 12.2 Å². The van der Waals surface area contributed by atoms with E-state index in [-0.39, 0.29) is 22.8 Å². The van der Waals surface area contributed by atoms with Gasteiger partial charge in [-0.25, -0.2) is 9.29 Å². The maximum Gasteiger partial charge on any atom is 0.266 e. The van der Waals surface area contributed by atoms with Crippen molar-refractivity contribution in [3.05, 3.63) is 65.5 Å². The number of rotatable bonds is 2. The molecular formula is C20H19FN2O2S. The highest BCUT2D eigenvalue weighted by atomic mass is 32.1. The molecule has 0 aliphatic carbocycles. The van der Waals surface area contributed by atoms with E-state index < -0.39 is 17.6 Å². The molecule has 0 bridgehead atoms. The van der Waals surface area contributed by atoms with Gasteiger partial charge >= 0.3 is 0 Å². The molecule has 26 heavy (non-hydrogen) atoms. The van der Waals surface area contributed by atoms with Gasteiger partial charge in [-0.1, -0.05) is 45.0 Å². The molecule has 0 radical (unpaired) electrons. The zero-order valence-corrected chi connectivity index (χ0v) is 15.6. The molecule has 0 atom stereocenters. The second-order valence-electron chi connectivity index (χ2n) is 7.18. The highest BCUT2D eigenvalue weighted by molar-refractivity contribution is 7.80. The molecule has 4 nitrogen and oxygen atoms in total. The molecule has 0 spiro atoms. The van der Waals surface area contributed by atoms with Gasteiger partial charge in [0.25, 0.3) is 11.8 Å². The first-order valence-corrected chi connectivity index (χ1v) is 8.65. The van der Waals surface area contributed by atoms with Gasteiger partial charge in [0, 0.05) is 5.56 Å². The van der Waals surface area contributed by atoms with E-state index in [0.717, 1.165) is 10.5 Å². The van der Waals surface area contributed by atoms with Gasteiger partial charge in [-0.15, -0.1) is 0 Å². The first kappa shape index (κ1) is 18.2. The van der Waals surface area contributed by atoms with Crippen LogP contribution < -0.4 is 4.90 Å². The Kier molecular flexibility index (Phi) is 4.63. The van der Waals surface area contributed by atoms with Crippen molar-refractivity contribution in [2.24, 2.45) is 0 Å². The van der Waals surface area contributed by atoms with E-state index in [0.29, 0.717) is 5.56 Å². The van der Waals surface area contributed by atoms with Gasteiger partial charge in [-0.2, -0.15) is 0 Å². The van der Waals surface area contributed by atoms with Crippen LogP contribution in [-0.2, 0) is 10.2 Å². The Bertz CT molecular complexity index is 887. The van der Waals surface area contributed by atoms with Crippen LogP contribution in [0.3, 0.4) is 0 Å². The average Bonchev–Trinajstić information content (AvgIpc) is 2.88. The van der Waals surface area contributed by atoms with Crippen LogP contribution in [0.5, 0.6) is 0 Å². The molecule has 1 fully saturated rings. The van der Waals surface area contributed by atoms with Crippen LogP contribution in [0.15, 0.2) is 48.5 Å². The Hall–Kier alpha value is -2.60. The fraction of sp³-hybridized carbons (Fsp3) is 0.250. The molecule has 2 aromatic rings. The lowest BCUT2D eigenvalue weighted by molar-refractivity contribution is -0.122. The lowest BCUT2D eigenvalue weighted by Crippen LogP contribution is -2.38. The van der Waals surface area contributed by atoms with Gasteiger partial charge in [0.2, 0.25) is 0 Å². The Morgan fingerprint density at radius 2 is 1.69 bits per heavy atom. The smallest absolute Gasteiger partial charge is 0.266 e. The topological polar surface area (TPSA) is 40.6 Å². The number of para-hydroxylation sites is 1. The lowest BCUT2D eigenvalue weighted by atomic mass is 9.86. The zero-order valence-electron chi connectivity index (χ0n) is 14.8. The molecule has 6 heteroatoms. The van der Waals surface area contributed by atoms with Crippen LogP contribution in [0.1, 0.15) is 36.7 Å². The molecule has 2 aromatic carbocycles. The summed E-state index contributed by atoms with van der Waals surface area (Å²) in [7, 11) is 0. The minimum absolute atomic E-state index is 0.00926. The molecule has 3 rings (SSSR count). The fourth-order valence-corrected chi connectivity index (χ4v) is 3.15. The summed E-state index contributed by atoms with van der Waals surface area (Å²) in [6.07, 6.45) is 0. The second-order valence-corrected chi connectivity index (χ2v) is 7.55. The maximum atomic E-state index is 14.0. The normalized spacial score (nSPS) is 14.9. The fourth-order valence-electron chi connectivity index (χ4n) is 2.80. The van der Waals surface area contributed by atoms with Crippen molar-refractivity contribution in [3.63, 3.8) is 0 Å². The molecular weight excluding hydrogens is 351 g/mol. The summed E-state index contributed by atoms with van der Waals surface area (Å²) in [6, 6.07) is 13.1. The minimum atomic E-state index is -0.501. The molecule has 1 heterocycles. The van der Waals surface area contributed by atoms with Crippen molar-refractivity contribution in [2.75, 3.05) is 11.4 Å². The highest BCUT2D eigenvalue weighted by Gasteiger charge is 2.39. The van der Waals surface area contributed by atoms with Gasteiger partial charge in [-0.05, 0) is 47.5 Å². The SMILES string of the molecule is CC(C)(C)c1ccc(C(=O)N2C(=O)CN(c3ccccc3F)C2=S)cc1. The second kappa shape index (κ2) is 6.61. The Labute approximate surface area is 157 Å². The standard InChI is InChI=1S/C20H19FN2O2S/c1-20(2,3)14-10-8-13(9-11-14)18(25)23-17(24)12-22(19(23)26)16-7-5-4-6-15(16)21/h4-11H,12H2,1-3H3. The molecule has 1 aliphatic rings. The van der Waals surface area contributed by atoms with Crippen molar-refractivity contribution in [3.8, 4) is 0 Å². The Morgan fingerprint density at radius 1 is 1.08 bits per heavy atom. The molecule has 1 aliphatic heterocycles. The number of hydrogen-bond donors (Lipinski definition) is 0. The zero-order chi connectivity index (χ0) is 19.1. The minimum Gasteiger partial charge on any atom is -0.306 e. The molecule has 134 valence electrons. The van der Waals surface area contributed by atoms with Crippen molar-refractivity contribution < 1.29 is 14.0 Å². The monoisotopic (exact) mass is 370 g/mol. The third kappa shape index (κ3) is 3.24. The van der Waals surface area contributed by atoms with Gasteiger partial charge in [-0.3, -0.25) is 9.59 Å². The van der Waals surface area contributed by atoms with Crippen LogP contribution in [0.25, 0.3) is 0 Å².